The van der Waals surface area contributed by atoms with Crippen molar-refractivity contribution >= 4 is 27.3 Å². The van der Waals surface area contributed by atoms with Crippen molar-refractivity contribution in [1.29, 1.82) is 0 Å². The molecular formula is C15H18BrNS. The van der Waals surface area contributed by atoms with E-state index in [-0.39, 0.29) is 0 Å². The molecule has 1 atom stereocenters. The smallest absolute Gasteiger partial charge is 0.0302 e. The summed E-state index contributed by atoms with van der Waals surface area (Å²) < 4.78 is 1.18. The average Bonchev–Trinajstić information content (AvgIpc) is 2.81. The molecule has 0 aliphatic heterocycles. The highest BCUT2D eigenvalue weighted by Crippen LogP contribution is 2.19. The van der Waals surface area contributed by atoms with Crippen LogP contribution in [0.2, 0.25) is 0 Å². The van der Waals surface area contributed by atoms with Gasteiger partial charge in [-0.15, -0.1) is 11.3 Å². The van der Waals surface area contributed by atoms with Crippen LogP contribution in [0.3, 0.4) is 0 Å². The maximum atomic E-state index is 3.57. The van der Waals surface area contributed by atoms with Crippen LogP contribution in [0.4, 0.5) is 0 Å². The molecule has 1 aromatic heterocycles. The Kier molecular flexibility index (Phi) is 5.42. The summed E-state index contributed by atoms with van der Waals surface area (Å²) in [5.74, 6) is 0. The Balaban J connectivity index is 1.71. The third-order valence-electron chi connectivity index (χ3n) is 2.96. The fourth-order valence-electron chi connectivity index (χ4n) is 1.85. The predicted octanol–water partition coefficient (Wildman–Crippen LogP) is 4.62. The zero-order chi connectivity index (χ0) is 12.8. The third-order valence-corrected chi connectivity index (χ3v) is 4.65. The molecule has 0 unspecified atom stereocenters. The first kappa shape index (κ1) is 13.8. The zero-order valence-corrected chi connectivity index (χ0v) is 12.9. The Labute approximate surface area is 121 Å². The molecule has 3 heteroatoms. The Morgan fingerprint density at radius 2 is 2.06 bits per heavy atom. The molecular weight excluding hydrogens is 306 g/mol. The van der Waals surface area contributed by atoms with E-state index in [2.05, 4.69) is 69.9 Å². The van der Waals surface area contributed by atoms with Gasteiger partial charge in [0.2, 0.25) is 0 Å². The highest BCUT2D eigenvalue weighted by Gasteiger charge is 2.03. The summed E-state index contributed by atoms with van der Waals surface area (Å²) in [6.45, 7) is 3.22. The minimum Gasteiger partial charge on any atom is -0.309 e. The second-order valence-electron chi connectivity index (χ2n) is 4.54. The number of halogens is 1. The second kappa shape index (κ2) is 7.07. The lowest BCUT2D eigenvalue weighted by molar-refractivity contribution is 0.516. The molecule has 2 aromatic rings. The van der Waals surface area contributed by atoms with Crippen LogP contribution in [0.5, 0.6) is 0 Å². The first-order valence-electron chi connectivity index (χ1n) is 6.24. The van der Waals surface area contributed by atoms with Crippen molar-refractivity contribution in [3.8, 4) is 0 Å². The largest absolute Gasteiger partial charge is 0.309 e. The van der Waals surface area contributed by atoms with Crippen LogP contribution < -0.4 is 5.32 Å². The van der Waals surface area contributed by atoms with Gasteiger partial charge < -0.3 is 5.32 Å². The van der Waals surface area contributed by atoms with Gasteiger partial charge in [-0.1, -0.05) is 30.3 Å². The fraction of sp³-hybridized carbons (Fsp3) is 0.333. The monoisotopic (exact) mass is 323 g/mol. The fourth-order valence-corrected chi connectivity index (χ4v) is 3.25. The van der Waals surface area contributed by atoms with Crippen LogP contribution in [-0.4, -0.2) is 6.04 Å². The van der Waals surface area contributed by atoms with Crippen molar-refractivity contribution in [2.75, 3.05) is 0 Å². The van der Waals surface area contributed by atoms with Gasteiger partial charge in [0, 0.05) is 27.3 Å². The zero-order valence-electron chi connectivity index (χ0n) is 10.5. The molecule has 0 saturated carbocycles. The molecule has 0 saturated heterocycles. The van der Waals surface area contributed by atoms with Crippen LogP contribution in [0.25, 0.3) is 0 Å². The van der Waals surface area contributed by atoms with E-state index in [1.807, 2.05) is 0 Å². The molecule has 0 aliphatic rings. The number of nitrogens with one attached hydrogen (secondary N) is 1. The van der Waals surface area contributed by atoms with Gasteiger partial charge in [0.05, 0.1) is 0 Å². The minimum absolute atomic E-state index is 0.547. The van der Waals surface area contributed by atoms with Crippen molar-refractivity contribution in [2.45, 2.75) is 32.4 Å². The van der Waals surface area contributed by atoms with Gasteiger partial charge in [-0.3, -0.25) is 0 Å². The lowest BCUT2D eigenvalue weighted by atomic mass is 10.1. The number of aryl methyl sites for hydroxylation is 1. The van der Waals surface area contributed by atoms with Gasteiger partial charge in [0.1, 0.15) is 0 Å². The molecule has 1 nitrogen and oxygen atoms in total. The number of rotatable bonds is 6. The summed E-state index contributed by atoms with van der Waals surface area (Å²) in [5.41, 5.74) is 1.42. The predicted molar refractivity (Wildman–Crippen MR) is 83.1 cm³/mol. The summed E-state index contributed by atoms with van der Waals surface area (Å²) in [4.78, 5) is 1.38. The Bertz CT molecular complexity index is 466. The van der Waals surface area contributed by atoms with Gasteiger partial charge in [-0.05, 0) is 47.3 Å². The lowest BCUT2D eigenvalue weighted by Gasteiger charge is -2.12. The maximum absolute atomic E-state index is 3.57. The number of hydrogen-bond acceptors (Lipinski definition) is 2. The number of hydrogen-bond donors (Lipinski definition) is 1. The highest BCUT2D eigenvalue weighted by atomic mass is 79.9. The Morgan fingerprint density at radius 3 is 2.72 bits per heavy atom. The van der Waals surface area contributed by atoms with Crippen molar-refractivity contribution in [2.24, 2.45) is 0 Å². The Hall–Kier alpha value is -0.640. The topological polar surface area (TPSA) is 12.0 Å². The van der Waals surface area contributed by atoms with Gasteiger partial charge >= 0.3 is 0 Å². The molecule has 2 rings (SSSR count). The van der Waals surface area contributed by atoms with Gasteiger partial charge in [-0.2, -0.15) is 0 Å². The normalized spacial score (nSPS) is 12.6. The summed E-state index contributed by atoms with van der Waals surface area (Å²) >= 11 is 5.28. The van der Waals surface area contributed by atoms with E-state index in [1.165, 1.54) is 21.3 Å². The Morgan fingerprint density at radius 1 is 1.28 bits per heavy atom. The third kappa shape index (κ3) is 4.56. The molecule has 0 amide bonds. The van der Waals surface area contributed by atoms with Crippen LogP contribution in [0.15, 0.2) is 46.3 Å². The molecule has 0 radical (unpaired) electrons. The van der Waals surface area contributed by atoms with E-state index in [1.54, 1.807) is 11.3 Å². The highest BCUT2D eigenvalue weighted by molar-refractivity contribution is 9.10. The van der Waals surface area contributed by atoms with Crippen molar-refractivity contribution in [1.82, 2.24) is 5.32 Å². The van der Waals surface area contributed by atoms with Crippen LogP contribution in [0, 0.1) is 0 Å². The number of thiophene rings is 1. The SMILES string of the molecule is C[C@H](CCc1ccccc1)NCc1cc(Br)cs1. The van der Waals surface area contributed by atoms with E-state index in [0.29, 0.717) is 6.04 Å². The van der Waals surface area contributed by atoms with Crippen LogP contribution >= 0.6 is 27.3 Å². The quantitative estimate of drug-likeness (QED) is 0.817. The standard InChI is InChI=1S/C15H18BrNS/c1-12(7-8-13-5-3-2-4-6-13)17-10-15-9-14(16)11-18-15/h2-6,9,11-12,17H,7-8,10H2,1H3/t12-/m1/s1. The summed E-state index contributed by atoms with van der Waals surface area (Å²) in [7, 11) is 0. The molecule has 0 aliphatic carbocycles. The van der Waals surface area contributed by atoms with Crippen LogP contribution in [-0.2, 0) is 13.0 Å². The molecule has 0 fully saturated rings. The van der Waals surface area contributed by atoms with E-state index < -0.39 is 0 Å². The first-order chi connectivity index (χ1) is 8.74. The van der Waals surface area contributed by atoms with Gasteiger partial charge in [0.25, 0.3) is 0 Å². The second-order valence-corrected chi connectivity index (χ2v) is 6.45. The molecule has 0 spiro atoms. The molecule has 1 N–H and O–H groups in total. The van der Waals surface area contributed by atoms with Crippen molar-refractivity contribution < 1.29 is 0 Å². The van der Waals surface area contributed by atoms with Gasteiger partial charge in [0.15, 0.2) is 0 Å². The van der Waals surface area contributed by atoms with E-state index in [9.17, 15) is 0 Å². The summed E-state index contributed by atoms with van der Waals surface area (Å²) in [6, 6.07) is 13.4. The number of benzene rings is 1. The first-order valence-corrected chi connectivity index (χ1v) is 7.91. The maximum Gasteiger partial charge on any atom is 0.0302 e. The molecule has 1 aromatic carbocycles. The summed E-state index contributed by atoms with van der Waals surface area (Å²) in [6.07, 6.45) is 2.32. The van der Waals surface area contributed by atoms with E-state index in [0.717, 1.165) is 13.0 Å². The molecule has 1 heterocycles. The molecule has 18 heavy (non-hydrogen) atoms. The van der Waals surface area contributed by atoms with Crippen molar-refractivity contribution in [3.63, 3.8) is 0 Å². The van der Waals surface area contributed by atoms with Crippen LogP contribution in [0.1, 0.15) is 23.8 Å². The average molecular weight is 324 g/mol. The van der Waals surface area contributed by atoms with Gasteiger partial charge in [-0.25, -0.2) is 0 Å². The summed E-state index contributed by atoms with van der Waals surface area (Å²) in [5, 5.41) is 5.70. The van der Waals surface area contributed by atoms with E-state index >= 15 is 0 Å². The van der Waals surface area contributed by atoms with Crippen molar-refractivity contribution in [3.05, 3.63) is 56.7 Å². The molecule has 96 valence electrons. The minimum atomic E-state index is 0.547. The molecule has 0 bridgehead atoms. The lowest BCUT2D eigenvalue weighted by Crippen LogP contribution is -2.25. The van der Waals surface area contributed by atoms with E-state index in [4.69, 9.17) is 0 Å².